The van der Waals surface area contributed by atoms with Gasteiger partial charge in [-0.25, -0.2) is 0 Å². The van der Waals surface area contributed by atoms with Gasteiger partial charge in [0.25, 0.3) is 0 Å². The monoisotopic (exact) mass is 752 g/mol. The third-order valence-electron chi connectivity index (χ3n) is 4.98. The van der Waals surface area contributed by atoms with E-state index >= 15 is 0 Å². The van der Waals surface area contributed by atoms with Crippen molar-refractivity contribution >= 4 is 33.6 Å². The minimum atomic E-state index is -1.31. The number of benzene rings is 2. The van der Waals surface area contributed by atoms with Crippen LogP contribution < -0.4 is 59.1 Å². The Morgan fingerprint density at radius 3 is 1.15 bits per heavy atom. The number of aliphatic hydroxyl groups is 4. The maximum atomic E-state index is 10.2. The third-order valence-corrected chi connectivity index (χ3v) is 4.98. The molecule has 0 bridgehead atoms. The van der Waals surface area contributed by atoms with Crippen molar-refractivity contribution in [1.82, 2.24) is 0 Å². The second kappa shape index (κ2) is 53.8. The minimum absolute atomic E-state index is 0. The zero-order chi connectivity index (χ0) is 38.9. The van der Waals surface area contributed by atoms with E-state index in [9.17, 15) is 29.4 Å². The summed E-state index contributed by atoms with van der Waals surface area (Å²) in [4.78, 5) is 39.6. The standard InChI is InChI=1S/C10H8N2O2.C8H6O2.C7H10N2O2.C5H8O2.2CN.CH3OP.CH4.2Na/c11-5-9(13)7-3-1-2-4-8(7)10(14)6-12;9-5-7-3-1-2-4-8(7)6-10;8-4-6(10)2-1-3-7(11)5-9;6-4-2-1-3-5-7;2*1-2;1-3-2;;;/h1-4,9-10,13-14H;1-6H;6-7,10-11H,1-3H2;4-5H,1-3H2;;;1H3;1H4;;/q;;;;2*-1;;;2*+1. The Balaban J connectivity index is -0.0000000781. The maximum Gasteiger partial charge on any atom is 1.00 e. The summed E-state index contributed by atoms with van der Waals surface area (Å²) in [6.07, 6.45) is 1.27. The van der Waals surface area contributed by atoms with Crippen molar-refractivity contribution in [3.05, 3.63) is 83.9 Å². The molecule has 2 aromatic rings. The number of nitrogens with zero attached hydrogens (tertiary/aromatic N) is 6. The molecule has 0 saturated heterocycles. The molecule has 0 aromatic heterocycles. The average molecular weight is 753 g/mol. The first-order valence-corrected chi connectivity index (χ1v) is 14.8. The summed E-state index contributed by atoms with van der Waals surface area (Å²) in [6.45, 7) is 11.0. The van der Waals surface area contributed by atoms with Crippen molar-refractivity contribution in [2.24, 2.45) is 0 Å². The Labute approximate surface area is 351 Å². The SMILES string of the molecule is C.CP=O.N#CC(O)CCCC(O)C#N.N#CC(O)c1ccccc1C(O)C#N.O=CCCCC=O.O=Cc1ccccc1C=O.[C-]#N.[C-]#N.[Na+].[Na+]. The Bertz CT molecular complexity index is 1320. The Morgan fingerprint density at radius 2 is 0.923 bits per heavy atom. The summed E-state index contributed by atoms with van der Waals surface area (Å²) in [7, 11) is 0.167. The second-order valence-electron chi connectivity index (χ2n) is 8.22. The molecule has 2 rings (SSSR count). The van der Waals surface area contributed by atoms with Crippen molar-refractivity contribution in [3.8, 4) is 24.3 Å². The van der Waals surface area contributed by atoms with Crippen molar-refractivity contribution in [2.45, 2.75) is 70.4 Å². The van der Waals surface area contributed by atoms with Gasteiger partial charge >= 0.3 is 59.1 Å². The van der Waals surface area contributed by atoms with Gasteiger partial charge in [0.2, 0.25) is 0 Å². The van der Waals surface area contributed by atoms with Crippen molar-refractivity contribution < 1.29 is 103 Å². The van der Waals surface area contributed by atoms with Crippen LogP contribution >= 0.6 is 8.46 Å². The van der Waals surface area contributed by atoms with Gasteiger partial charge in [-0.05, 0) is 25.7 Å². The molecule has 15 nitrogen and oxygen atoms in total. The number of aliphatic hydroxyl groups excluding tert-OH is 4. The van der Waals surface area contributed by atoms with E-state index in [2.05, 4.69) is 0 Å². The normalized spacial score (nSPS) is 10.0. The summed E-state index contributed by atoms with van der Waals surface area (Å²) in [5.74, 6) is 0. The summed E-state index contributed by atoms with van der Waals surface area (Å²) in [6, 6.07) is 19.5. The molecule has 4 N–H and O–H groups in total. The summed E-state index contributed by atoms with van der Waals surface area (Å²) >= 11 is 0. The van der Waals surface area contributed by atoms with Gasteiger partial charge in [0.05, 0.1) is 24.3 Å². The molecule has 0 aliphatic carbocycles. The van der Waals surface area contributed by atoms with Gasteiger partial charge in [0.1, 0.15) is 24.8 Å². The molecule has 0 heterocycles. The van der Waals surface area contributed by atoms with Crippen molar-refractivity contribution in [2.75, 3.05) is 6.66 Å². The fraction of sp³-hybridized carbons (Fsp3) is 0.353. The molecule has 52 heavy (non-hydrogen) atoms. The number of unbranched alkanes of at least 4 members (excludes halogenated alkanes) is 2. The topological polar surface area (TPSA) is 309 Å². The van der Waals surface area contributed by atoms with E-state index in [-0.39, 0.29) is 86.1 Å². The van der Waals surface area contributed by atoms with Crippen LogP contribution in [0.4, 0.5) is 0 Å². The number of hydrogen-bond acceptors (Lipinski definition) is 15. The predicted octanol–water partition coefficient (Wildman–Crippen LogP) is -1.66. The van der Waals surface area contributed by atoms with Crippen LogP contribution in [0.2, 0.25) is 0 Å². The molecule has 0 spiro atoms. The van der Waals surface area contributed by atoms with E-state index in [4.69, 9.17) is 59.5 Å². The first-order valence-electron chi connectivity index (χ1n) is 13.5. The number of carbonyl (C=O) groups is 4. The molecular weight excluding hydrogens is 713 g/mol. The first-order chi connectivity index (χ1) is 23.6. The van der Waals surface area contributed by atoms with Crippen LogP contribution in [0.3, 0.4) is 0 Å². The fourth-order valence-corrected chi connectivity index (χ4v) is 2.79. The number of aldehydes is 4. The van der Waals surface area contributed by atoms with Gasteiger partial charge in [-0.3, -0.25) is 14.2 Å². The molecular formula is C34H39N6Na2O9P. The van der Waals surface area contributed by atoms with Crippen LogP contribution in [0.5, 0.6) is 0 Å². The molecule has 18 heteroatoms. The second-order valence-corrected chi connectivity index (χ2v) is 8.59. The summed E-state index contributed by atoms with van der Waals surface area (Å²) in [5.41, 5.74) is 1.42. The number of carbonyl (C=O) groups excluding carboxylic acids is 4. The third kappa shape index (κ3) is 40.4. The van der Waals surface area contributed by atoms with Crippen LogP contribution in [-0.2, 0) is 14.2 Å². The molecule has 0 fully saturated rings. The van der Waals surface area contributed by atoms with E-state index in [1.54, 1.807) is 67.3 Å². The van der Waals surface area contributed by atoms with E-state index in [0.717, 1.165) is 12.6 Å². The van der Waals surface area contributed by atoms with Crippen molar-refractivity contribution in [3.63, 3.8) is 0 Å². The maximum absolute atomic E-state index is 10.2. The van der Waals surface area contributed by atoms with Gasteiger partial charge in [-0.1, -0.05) is 56.0 Å². The Hall–Kier alpha value is -4.00. The van der Waals surface area contributed by atoms with Crippen LogP contribution in [0.1, 0.15) is 90.0 Å². The summed E-state index contributed by atoms with van der Waals surface area (Å²) < 4.78 is 8.90. The molecule has 4 unspecified atom stereocenters. The molecule has 0 saturated carbocycles. The van der Waals surface area contributed by atoms with Crippen LogP contribution in [0.15, 0.2) is 48.5 Å². The van der Waals surface area contributed by atoms with Crippen LogP contribution in [0, 0.1) is 69.0 Å². The number of nitriles is 4. The largest absolute Gasteiger partial charge is 1.00 e. The zero-order valence-electron chi connectivity index (χ0n) is 28.4. The van der Waals surface area contributed by atoms with Crippen LogP contribution in [-0.4, -0.2) is 64.4 Å². The Kier molecular flexibility index (Phi) is 68.5. The molecule has 4 atom stereocenters. The number of hydrogen-bond donors (Lipinski definition) is 4. The molecule has 0 aliphatic heterocycles. The Morgan fingerprint density at radius 1 is 0.635 bits per heavy atom. The smallest absolute Gasteiger partial charge is 0.512 e. The number of rotatable bonds is 12. The molecule has 0 aliphatic rings. The van der Waals surface area contributed by atoms with E-state index < -0.39 is 24.4 Å². The summed E-state index contributed by atoms with van der Waals surface area (Å²) in [5, 5.41) is 81.7. The van der Waals surface area contributed by atoms with Gasteiger partial charge < -0.3 is 53.7 Å². The molecule has 2 aromatic carbocycles. The van der Waals surface area contributed by atoms with Gasteiger partial charge in [-0.15, -0.1) is 0 Å². The van der Waals surface area contributed by atoms with Gasteiger partial charge in [0.15, 0.2) is 33.2 Å². The van der Waals surface area contributed by atoms with E-state index in [0.29, 0.717) is 62.2 Å². The van der Waals surface area contributed by atoms with Crippen molar-refractivity contribution in [1.29, 1.82) is 31.6 Å². The molecule has 0 radical (unpaired) electrons. The van der Waals surface area contributed by atoms with Crippen LogP contribution in [0.25, 0.3) is 0 Å². The van der Waals surface area contributed by atoms with E-state index in [1.165, 1.54) is 12.1 Å². The average Bonchev–Trinajstić information content (AvgIpc) is 3.16. The predicted molar refractivity (Wildman–Crippen MR) is 178 cm³/mol. The zero-order valence-corrected chi connectivity index (χ0v) is 33.3. The first kappa shape index (κ1) is 66.3. The van der Waals surface area contributed by atoms with Gasteiger partial charge in [0, 0.05) is 41.8 Å². The van der Waals surface area contributed by atoms with Gasteiger partial charge in [-0.2, -0.15) is 21.0 Å². The fourth-order valence-electron chi connectivity index (χ4n) is 2.79. The molecule has 266 valence electrons. The molecule has 0 amide bonds. The minimum Gasteiger partial charge on any atom is -0.512 e. The quantitative estimate of drug-likeness (QED) is 0.0471. The van der Waals surface area contributed by atoms with E-state index in [1.807, 2.05) is 0 Å².